The molecule has 4 atom stereocenters. The number of rotatable bonds is 6. The third-order valence-electron chi connectivity index (χ3n) is 4.31. The maximum absolute atomic E-state index is 12.0. The molecule has 108 valence electrons. The summed E-state index contributed by atoms with van der Waals surface area (Å²) in [7, 11) is 0. The zero-order valence-corrected chi connectivity index (χ0v) is 11.9. The van der Waals surface area contributed by atoms with Crippen LogP contribution in [0.25, 0.3) is 0 Å². The van der Waals surface area contributed by atoms with Crippen molar-refractivity contribution in [3.05, 3.63) is 0 Å². The third-order valence-corrected chi connectivity index (χ3v) is 4.31. The van der Waals surface area contributed by atoms with Crippen molar-refractivity contribution in [3.63, 3.8) is 0 Å². The zero-order valence-electron chi connectivity index (χ0n) is 11.9. The summed E-state index contributed by atoms with van der Waals surface area (Å²) in [5.41, 5.74) is 0. The van der Waals surface area contributed by atoms with Crippen molar-refractivity contribution in [2.24, 2.45) is 5.92 Å². The average Bonchev–Trinajstić information content (AvgIpc) is 3.00. The fourth-order valence-corrected chi connectivity index (χ4v) is 2.99. The van der Waals surface area contributed by atoms with E-state index in [0.717, 1.165) is 19.3 Å². The molecule has 2 fully saturated rings. The minimum Gasteiger partial charge on any atom is -0.355 e. The second-order valence-electron chi connectivity index (χ2n) is 5.81. The van der Waals surface area contributed by atoms with E-state index >= 15 is 0 Å². The fourth-order valence-electron chi connectivity index (χ4n) is 2.99. The van der Waals surface area contributed by atoms with Gasteiger partial charge in [-0.3, -0.25) is 9.59 Å². The summed E-state index contributed by atoms with van der Waals surface area (Å²) in [4.78, 5) is 23.6. The Morgan fingerprint density at radius 3 is 2.74 bits per heavy atom. The minimum absolute atomic E-state index is 0.0146. The number of nitrogens with one attached hydrogen (secondary N) is 3. The zero-order chi connectivity index (χ0) is 13.8. The lowest BCUT2D eigenvalue weighted by molar-refractivity contribution is -0.125. The van der Waals surface area contributed by atoms with Gasteiger partial charge in [-0.05, 0) is 32.6 Å². The molecule has 0 aliphatic carbocycles. The van der Waals surface area contributed by atoms with Gasteiger partial charge in [-0.25, -0.2) is 0 Å². The monoisotopic (exact) mass is 267 g/mol. The molecule has 19 heavy (non-hydrogen) atoms. The summed E-state index contributed by atoms with van der Waals surface area (Å²) in [6.07, 6.45) is 4.55. The van der Waals surface area contributed by atoms with Gasteiger partial charge in [0.1, 0.15) is 0 Å². The van der Waals surface area contributed by atoms with Gasteiger partial charge in [0.25, 0.3) is 0 Å². The highest BCUT2D eigenvalue weighted by Gasteiger charge is 2.42. The summed E-state index contributed by atoms with van der Waals surface area (Å²) in [5, 5.41) is 9.24. The largest absolute Gasteiger partial charge is 0.355 e. The van der Waals surface area contributed by atoms with Crippen LogP contribution in [0.1, 0.15) is 46.0 Å². The Morgan fingerprint density at radius 2 is 2.16 bits per heavy atom. The Balaban J connectivity index is 1.63. The van der Waals surface area contributed by atoms with Crippen molar-refractivity contribution in [2.45, 2.75) is 64.1 Å². The molecule has 4 unspecified atom stereocenters. The molecule has 0 spiro atoms. The minimum atomic E-state index is 0.0146. The van der Waals surface area contributed by atoms with E-state index in [1.165, 1.54) is 6.42 Å². The maximum atomic E-state index is 12.0. The molecule has 0 aromatic carbocycles. The number of carbonyl (C=O) groups excluding carboxylic acids is 2. The normalized spacial score (nSPS) is 30.1. The highest BCUT2D eigenvalue weighted by atomic mass is 16.2. The molecule has 5 nitrogen and oxygen atoms in total. The molecule has 2 aliphatic heterocycles. The van der Waals surface area contributed by atoms with E-state index in [4.69, 9.17) is 0 Å². The summed E-state index contributed by atoms with van der Waals surface area (Å²) < 4.78 is 0. The Kier molecular flexibility index (Phi) is 4.80. The highest BCUT2D eigenvalue weighted by Crippen LogP contribution is 2.33. The molecule has 2 rings (SSSR count). The van der Waals surface area contributed by atoms with Gasteiger partial charge in [0, 0.05) is 31.1 Å². The van der Waals surface area contributed by atoms with Crippen LogP contribution >= 0.6 is 0 Å². The number of amides is 2. The van der Waals surface area contributed by atoms with Crippen LogP contribution in [0.15, 0.2) is 0 Å². The van der Waals surface area contributed by atoms with Gasteiger partial charge in [-0.15, -0.1) is 0 Å². The van der Waals surface area contributed by atoms with E-state index in [1.54, 1.807) is 0 Å². The van der Waals surface area contributed by atoms with Crippen LogP contribution in [0.5, 0.6) is 0 Å². The lowest BCUT2D eigenvalue weighted by atomic mass is 9.88. The van der Waals surface area contributed by atoms with E-state index in [0.29, 0.717) is 25.0 Å². The van der Waals surface area contributed by atoms with E-state index in [2.05, 4.69) is 16.0 Å². The number of fused-ring (bicyclic) bond motifs is 2. The molecular weight excluding hydrogens is 242 g/mol. The summed E-state index contributed by atoms with van der Waals surface area (Å²) >= 11 is 0. The fraction of sp³-hybridized carbons (Fsp3) is 0.857. The van der Waals surface area contributed by atoms with Crippen LogP contribution in [0.3, 0.4) is 0 Å². The van der Waals surface area contributed by atoms with Gasteiger partial charge >= 0.3 is 0 Å². The first-order chi connectivity index (χ1) is 9.10. The molecule has 2 saturated heterocycles. The molecular formula is C14H25N3O2. The Hall–Kier alpha value is -1.10. The highest BCUT2D eigenvalue weighted by molar-refractivity contribution is 5.81. The summed E-state index contributed by atoms with van der Waals surface area (Å²) in [6.45, 7) is 4.46. The van der Waals surface area contributed by atoms with Crippen LogP contribution in [0, 0.1) is 5.92 Å². The first-order valence-corrected chi connectivity index (χ1v) is 7.43. The first kappa shape index (κ1) is 14.3. The van der Waals surface area contributed by atoms with Gasteiger partial charge < -0.3 is 16.0 Å². The van der Waals surface area contributed by atoms with Crippen LogP contribution in [-0.2, 0) is 9.59 Å². The molecule has 5 heteroatoms. The lowest BCUT2D eigenvalue weighted by Gasteiger charge is -2.19. The summed E-state index contributed by atoms with van der Waals surface area (Å²) in [5.74, 6) is 0.230. The van der Waals surface area contributed by atoms with E-state index in [-0.39, 0.29) is 23.8 Å². The van der Waals surface area contributed by atoms with Crippen LogP contribution in [0.4, 0.5) is 0 Å². The second-order valence-corrected chi connectivity index (χ2v) is 5.81. The Labute approximate surface area is 114 Å². The SMILES string of the molecule is CCC(C)NC(=O)CCNC(=O)C1CC2CCC1N2. The van der Waals surface area contributed by atoms with Crippen molar-refractivity contribution >= 4 is 11.8 Å². The predicted molar refractivity (Wildman–Crippen MR) is 73.6 cm³/mol. The molecule has 3 N–H and O–H groups in total. The van der Waals surface area contributed by atoms with E-state index in [9.17, 15) is 9.59 Å². The quantitative estimate of drug-likeness (QED) is 0.658. The standard InChI is InChI=1S/C14H25N3O2/c1-3-9(2)16-13(18)6-7-15-14(19)11-8-10-4-5-12(11)17-10/h9-12,17H,3-8H2,1-2H3,(H,15,19)(H,16,18). The van der Waals surface area contributed by atoms with Crippen LogP contribution in [0.2, 0.25) is 0 Å². The molecule has 0 radical (unpaired) electrons. The molecule has 0 aromatic heterocycles. The van der Waals surface area contributed by atoms with Crippen molar-refractivity contribution in [1.29, 1.82) is 0 Å². The molecule has 0 saturated carbocycles. The predicted octanol–water partition coefficient (Wildman–Crippen LogP) is 0.548. The molecule has 2 heterocycles. The maximum Gasteiger partial charge on any atom is 0.224 e. The summed E-state index contributed by atoms with van der Waals surface area (Å²) in [6, 6.07) is 1.10. The number of hydrogen-bond donors (Lipinski definition) is 3. The van der Waals surface area contributed by atoms with Gasteiger partial charge in [0.05, 0.1) is 5.92 Å². The van der Waals surface area contributed by atoms with Gasteiger partial charge in [0.2, 0.25) is 11.8 Å². The van der Waals surface area contributed by atoms with E-state index in [1.807, 2.05) is 13.8 Å². The Bertz CT molecular complexity index is 346. The second kappa shape index (κ2) is 6.37. The molecule has 2 bridgehead atoms. The lowest BCUT2D eigenvalue weighted by Crippen LogP contribution is -2.40. The Morgan fingerprint density at radius 1 is 1.37 bits per heavy atom. The average molecular weight is 267 g/mol. The van der Waals surface area contributed by atoms with Crippen LogP contribution in [-0.4, -0.2) is 36.5 Å². The smallest absolute Gasteiger partial charge is 0.224 e. The van der Waals surface area contributed by atoms with Gasteiger partial charge in [0.15, 0.2) is 0 Å². The first-order valence-electron chi connectivity index (χ1n) is 7.43. The topological polar surface area (TPSA) is 70.2 Å². The van der Waals surface area contributed by atoms with Gasteiger partial charge in [-0.1, -0.05) is 6.92 Å². The molecule has 2 aliphatic rings. The van der Waals surface area contributed by atoms with Crippen LogP contribution < -0.4 is 16.0 Å². The van der Waals surface area contributed by atoms with Crippen molar-refractivity contribution in [3.8, 4) is 0 Å². The van der Waals surface area contributed by atoms with Crippen molar-refractivity contribution in [2.75, 3.05) is 6.54 Å². The third kappa shape index (κ3) is 3.69. The van der Waals surface area contributed by atoms with Crippen molar-refractivity contribution < 1.29 is 9.59 Å². The molecule has 2 amide bonds. The van der Waals surface area contributed by atoms with Gasteiger partial charge in [-0.2, -0.15) is 0 Å². The van der Waals surface area contributed by atoms with E-state index < -0.39 is 0 Å². The molecule has 0 aromatic rings. The number of hydrogen-bond acceptors (Lipinski definition) is 3. The number of carbonyl (C=O) groups is 2. The van der Waals surface area contributed by atoms with Crippen molar-refractivity contribution in [1.82, 2.24) is 16.0 Å².